The molecule has 0 radical (unpaired) electrons. The Bertz CT molecular complexity index is 840. The minimum absolute atomic E-state index is 0.0375. The molecule has 3 aromatic heterocycles. The Kier molecular flexibility index (Phi) is 3.39. The number of anilines is 1. The molecular weight excluding hydrogens is 323 g/mol. The van der Waals surface area contributed by atoms with E-state index in [4.69, 9.17) is 0 Å². The van der Waals surface area contributed by atoms with Crippen molar-refractivity contribution in [2.75, 3.05) is 11.4 Å². The molecule has 0 amide bonds. The lowest BCUT2D eigenvalue weighted by Crippen LogP contribution is -2.35. The predicted octanol–water partition coefficient (Wildman–Crippen LogP) is 2.60. The van der Waals surface area contributed by atoms with Crippen molar-refractivity contribution in [3.63, 3.8) is 0 Å². The number of H-pyrrole nitrogens is 1. The van der Waals surface area contributed by atoms with E-state index in [1.54, 1.807) is 18.5 Å². The number of halogens is 3. The number of alkyl halides is 3. The standard InChI is InChI=1S/C14H14F3N7/c15-14(16,17)13-21-20-10-4-5-11(22-24(10)13)23-8-2-1-3-9(23)12-18-6-7-19-12/h4-7,9H,1-3,8H2,(H,18,19)/t9-/m0/s1. The van der Waals surface area contributed by atoms with E-state index < -0.39 is 12.0 Å². The van der Waals surface area contributed by atoms with E-state index in [0.29, 0.717) is 12.4 Å². The Morgan fingerprint density at radius 3 is 2.79 bits per heavy atom. The minimum Gasteiger partial charge on any atom is -0.347 e. The third-order valence-electron chi connectivity index (χ3n) is 4.13. The average molecular weight is 337 g/mol. The number of hydrogen-bond donors (Lipinski definition) is 1. The first-order valence-corrected chi connectivity index (χ1v) is 7.59. The highest BCUT2D eigenvalue weighted by Gasteiger charge is 2.38. The maximum atomic E-state index is 13.0. The van der Waals surface area contributed by atoms with Crippen LogP contribution in [0.2, 0.25) is 0 Å². The molecular formula is C14H14F3N7. The first-order chi connectivity index (χ1) is 11.5. The summed E-state index contributed by atoms with van der Waals surface area (Å²) in [5, 5.41) is 10.9. The third kappa shape index (κ3) is 2.47. The van der Waals surface area contributed by atoms with Crippen LogP contribution in [0.25, 0.3) is 5.65 Å². The summed E-state index contributed by atoms with van der Waals surface area (Å²) < 4.78 is 39.9. The van der Waals surface area contributed by atoms with Gasteiger partial charge < -0.3 is 9.88 Å². The zero-order valence-corrected chi connectivity index (χ0v) is 12.5. The molecule has 10 heteroatoms. The monoisotopic (exact) mass is 337 g/mol. The van der Waals surface area contributed by atoms with Gasteiger partial charge in [0.15, 0.2) is 5.65 Å². The Morgan fingerprint density at radius 1 is 1.17 bits per heavy atom. The zero-order chi connectivity index (χ0) is 16.7. The molecule has 24 heavy (non-hydrogen) atoms. The highest BCUT2D eigenvalue weighted by molar-refractivity contribution is 5.47. The summed E-state index contributed by atoms with van der Waals surface area (Å²) >= 11 is 0. The van der Waals surface area contributed by atoms with Crippen molar-refractivity contribution in [3.8, 4) is 0 Å². The van der Waals surface area contributed by atoms with Crippen molar-refractivity contribution in [3.05, 3.63) is 36.2 Å². The maximum absolute atomic E-state index is 13.0. The van der Waals surface area contributed by atoms with Crippen LogP contribution in [0.1, 0.15) is 37.0 Å². The van der Waals surface area contributed by atoms with E-state index >= 15 is 0 Å². The average Bonchev–Trinajstić information content (AvgIpc) is 3.23. The molecule has 1 saturated heterocycles. The topological polar surface area (TPSA) is 75.0 Å². The van der Waals surface area contributed by atoms with Crippen LogP contribution in [-0.4, -0.2) is 36.3 Å². The van der Waals surface area contributed by atoms with Crippen molar-refractivity contribution in [1.82, 2.24) is 29.8 Å². The summed E-state index contributed by atoms with van der Waals surface area (Å²) in [7, 11) is 0. The smallest absolute Gasteiger partial charge is 0.347 e. The summed E-state index contributed by atoms with van der Waals surface area (Å²) in [4.78, 5) is 9.34. The first-order valence-electron chi connectivity index (χ1n) is 7.59. The fourth-order valence-corrected chi connectivity index (χ4v) is 3.06. The summed E-state index contributed by atoms with van der Waals surface area (Å²) in [5.74, 6) is 0.121. The van der Waals surface area contributed by atoms with Crippen LogP contribution in [0.3, 0.4) is 0 Å². The van der Waals surface area contributed by atoms with Crippen molar-refractivity contribution in [1.29, 1.82) is 0 Å². The number of aromatic amines is 1. The molecule has 0 spiro atoms. The Hall–Kier alpha value is -2.65. The normalized spacial score (nSPS) is 19.1. The maximum Gasteiger partial charge on any atom is 0.453 e. The van der Waals surface area contributed by atoms with Crippen molar-refractivity contribution < 1.29 is 13.2 Å². The predicted molar refractivity (Wildman–Crippen MR) is 78.3 cm³/mol. The van der Waals surface area contributed by atoms with Crippen LogP contribution in [0.15, 0.2) is 24.5 Å². The number of aromatic nitrogens is 6. The number of nitrogens with one attached hydrogen (secondary N) is 1. The molecule has 0 aromatic carbocycles. The molecule has 4 rings (SSSR count). The molecule has 1 fully saturated rings. The zero-order valence-electron chi connectivity index (χ0n) is 12.5. The van der Waals surface area contributed by atoms with Crippen LogP contribution in [0.4, 0.5) is 19.0 Å². The van der Waals surface area contributed by atoms with E-state index in [1.807, 2.05) is 4.90 Å². The molecule has 1 aliphatic rings. The number of hydrogen-bond acceptors (Lipinski definition) is 5. The number of imidazole rings is 1. The molecule has 126 valence electrons. The molecule has 0 bridgehead atoms. The lowest BCUT2D eigenvalue weighted by Gasteiger charge is -2.35. The Labute approximate surface area is 134 Å². The van der Waals surface area contributed by atoms with Crippen molar-refractivity contribution >= 4 is 11.5 Å². The van der Waals surface area contributed by atoms with Crippen LogP contribution in [0.5, 0.6) is 0 Å². The van der Waals surface area contributed by atoms with E-state index in [9.17, 15) is 13.2 Å². The molecule has 3 aromatic rings. The van der Waals surface area contributed by atoms with Gasteiger partial charge in [-0.3, -0.25) is 0 Å². The van der Waals surface area contributed by atoms with Gasteiger partial charge in [-0.2, -0.15) is 17.7 Å². The molecule has 1 N–H and O–H groups in total. The van der Waals surface area contributed by atoms with Crippen LogP contribution < -0.4 is 4.90 Å². The van der Waals surface area contributed by atoms with Gasteiger partial charge in [0.2, 0.25) is 0 Å². The van der Waals surface area contributed by atoms with Gasteiger partial charge in [-0.05, 0) is 31.4 Å². The highest BCUT2D eigenvalue weighted by atomic mass is 19.4. The molecule has 0 unspecified atom stereocenters. The van der Waals surface area contributed by atoms with Crippen LogP contribution >= 0.6 is 0 Å². The lowest BCUT2D eigenvalue weighted by atomic mass is 10.0. The molecule has 1 aliphatic heterocycles. The molecule has 4 heterocycles. The van der Waals surface area contributed by atoms with E-state index in [2.05, 4.69) is 25.3 Å². The van der Waals surface area contributed by atoms with Gasteiger partial charge in [-0.15, -0.1) is 15.3 Å². The van der Waals surface area contributed by atoms with Crippen molar-refractivity contribution in [2.45, 2.75) is 31.5 Å². The number of fused-ring (bicyclic) bond motifs is 1. The minimum atomic E-state index is -4.60. The van der Waals surface area contributed by atoms with Gasteiger partial charge in [0.05, 0.1) is 6.04 Å². The van der Waals surface area contributed by atoms with Crippen molar-refractivity contribution in [2.24, 2.45) is 0 Å². The number of nitrogens with zero attached hydrogens (tertiary/aromatic N) is 6. The van der Waals surface area contributed by atoms with Crippen LogP contribution in [0, 0.1) is 0 Å². The lowest BCUT2D eigenvalue weighted by molar-refractivity contribution is -0.146. The largest absolute Gasteiger partial charge is 0.453 e. The summed E-state index contributed by atoms with van der Waals surface area (Å²) in [6, 6.07) is 3.13. The third-order valence-corrected chi connectivity index (χ3v) is 4.13. The quantitative estimate of drug-likeness (QED) is 0.778. The SMILES string of the molecule is FC(F)(F)c1nnc2ccc(N3CCCC[C@H]3c3ncc[nH]3)nn12. The van der Waals surface area contributed by atoms with Gasteiger partial charge in [0.1, 0.15) is 11.6 Å². The highest BCUT2D eigenvalue weighted by Crippen LogP contribution is 2.33. The second-order valence-electron chi connectivity index (χ2n) is 5.66. The van der Waals surface area contributed by atoms with Gasteiger partial charge in [0.25, 0.3) is 5.82 Å². The van der Waals surface area contributed by atoms with Gasteiger partial charge in [-0.1, -0.05) is 0 Å². The van der Waals surface area contributed by atoms with Crippen LogP contribution in [-0.2, 0) is 6.18 Å². The molecule has 7 nitrogen and oxygen atoms in total. The summed E-state index contributed by atoms with van der Waals surface area (Å²) in [6.45, 7) is 0.702. The number of piperidine rings is 1. The van der Waals surface area contributed by atoms with Gasteiger partial charge in [-0.25, -0.2) is 4.98 Å². The molecule has 0 saturated carbocycles. The second-order valence-corrected chi connectivity index (χ2v) is 5.66. The molecule has 0 aliphatic carbocycles. The van der Waals surface area contributed by atoms with Gasteiger partial charge in [0, 0.05) is 18.9 Å². The van der Waals surface area contributed by atoms with E-state index in [0.717, 1.165) is 29.6 Å². The summed E-state index contributed by atoms with van der Waals surface area (Å²) in [6.07, 6.45) is 1.64. The fourth-order valence-electron chi connectivity index (χ4n) is 3.06. The second kappa shape index (κ2) is 5.46. The summed E-state index contributed by atoms with van der Waals surface area (Å²) in [5.41, 5.74) is 0.0673. The first kappa shape index (κ1) is 14.9. The number of rotatable bonds is 2. The Balaban J connectivity index is 1.77. The fraction of sp³-hybridized carbons (Fsp3) is 0.429. The molecule has 1 atom stereocenters. The van der Waals surface area contributed by atoms with Gasteiger partial charge >= 0.3 is 6.18 Å². The van der Waals surface area contributed by atoms with E-state index in [-0.39, 0.29) is 11.7 Å². The van der Waals surface area contributed by atoms with E-state index in [1.165, 1.54) is 6.07 Å². The Morgan fingerprint density at radius 2 is 2.04 bits per heavy atom.